The lowest BCUT2D eigenvalue weighted by Crippen LogP contribution is -2.56. The topological polar surface area (TPSA) is 71.0 Å². The van der Waals surface area contributed by atoms with Crippen LogP contribution in [-0.4, -0.2) is 47.9 Å². The van der Waals surface area contributed by atoms with Crippen molar-refractivity contribution in [1.29, 1.82) is 0 Å². The van der Waals surface area contributed by atoms with E-state index in [9.17, 15) is 9.90 Å². The van der Waals surface area contributed by atoms with Gasteiger partial charge in [0.05, 0.1) is 12.1 Å². The molecule has 0 bridgehead atoms. The summed E-state index contributed by atoms with van der Waals surface area (Å²) in [7, 11) is 0. The predicted octanol–water partition coefficient (Wildman–Crippen LogP) is 3.39. The molecule has 6 nitrogen and oxygen atoms in total. The highest BCUT2D eigenvalue weighted by Gasteiger charge is 2.49. The van der Waals surface area contributed by atoms with Crippen LogP contribution in [0.5, 0.6) is 11.5 Å². The van der Waals surface area contributed by atoms with Crippen LogP contribution in [0.25, 0.3) is 0 Å². The number of likely N-dealkylation sites (tertiary alicyclic amines) is 1. The maximum absolute atomic E-state index is 12.6. The number of carbonyl (C=O) groups excluding carboxylic acids is 1. The predicted molar refractivity (Wildman–Crippen MR) is 111 cm³/mol. The van der Waals surface area contributed by atoms with Gasteiger partial charge in [-0.2, -0.15) is 0 Å². The zero-order chi connectivity index (χ0) is 20.3. The molecule has 1 aromatic carbocycles. The molecule has 0 unspecified atom stereocenters. The first-order valence-electron chi connectivity index (χ1n) is 11.2. The van der Waals surface area contributed by atoms with E-state index in [1.54, 1.807) is 0 Å². The zero-order valence-corrected chi connectivity index (χ0v) is 17.5. The summed E-state index contributed by atoms with van der Waals surface area (Å²) in [6, 6.07) is 6.09. The summed E-state index contributed by atoms with van der Waals surface area (Å²) in [5.41, 5.74) is 0.478. The van der Waals surface area contributed by atoms with Gasteiger partial charge in [-0.15, -0.1) is 0 Å². The van der Waals surface area contributed by atoms with Crippen LogP contribution in [0.1, 0.15) is 69.9 Å². The third-order valence-corrected chi connectivity index (χ3v) is 6.86. The lowest BCUT2D eigenvalue weighted by molar-refractivity contribution is -0.137. The van der Waals surface area contributed by atoms with Crippen molar-refractivity contribution in [3.05, 3.63) is 23.8 Å². The van der Waals surface area contributed by atoms with Gasteiger partial charge in [0.2, 0.25) is 12.7 Å². The van der Waals surface area contributed by atoms with Crippen LogP contribution in [0.3, 0.4) is 0 Å². The summed E-state index contributed by atoms with van der Waals surface area (Å²) >= 11 is 0. The molecule has 6 heteroatoms. The molecule has 0 aromatic heterocycles. The van der Waals surface area contributed by atoms with Crippen molar-refractivity contribution in [1.82, 2.24) is 10.2 Å². The van der Waals surface area contributed by atoms with Crippen molar-refractivity contribution >= 4 is 5.91 Å². The van der Waals surface area contributed by atoms with E-state index in [0.717, 1.165) is 81.5 Å². The standard InChI is InChI=1S/C23H34N2O4/c1-2-3-6-12-24-21(26)15-25-13-11-23(27)10-5-4-7-18(23)22(25)17-8-9-19-20(14-17)29-16-28-19/h8-9,14,18,22,27H,2-7,10-13,15-16H2,1H3,(H,24,26)/t18-,22+,23-/m1/s1. The van der Waals surface area contributed by atoms with E-state index in [-0.39, 0.29) is 24.7 Å². The Morgan fingerprint density at radius 1 is 1.24 bits per heavy atom. The second kappa shape index (κ2) is 8.92. The Labute approximate surface area is 173 Å². The molecule has 2 N–H and O–H groups in total. The van der Waals surface area contributed by atoms with Crippen molar-refractivity contribution in [2.24, 2.45) is 5.92 Å². The molecule has 1 saturated heterocycles. The minimum atomic E-state index is -0.632. The van der Waals surface area contributed by atoms with Gasteiger partial charge in [-0.25, -0.2) is 0 Å². The molecule has 1 aliphatic carbocycles. The van der Waals surface area contributed by atoms with Crippen LogP contribution in [0.2, 0.25) is 0 Å². The highest BCUT2D eigenvalue weighted by molar-refractivity contribution is 5.78. The molecule has 1 aromatic rings. The smallest absolute Gasteiger partial charge is 0.234 e. The Hall–Kier alpha value is -1.79. The summed E-state index contributed by atoms with van der Waals surface area (Å²) < 4.78 is 11.1. The van der Waals surface area contributed by atoms with Crippen LogP contribution in [0, 0.1) is 5.92 Å². The molecule has 2 heterocycles. The summed E-state index contributed by atoms with van der Waals surface area (Å²) in [4.78, 5) is 14.9. The van der Waals surface area contributed by atoms with E-state index >= 15 is 0 Å². The number of rotatable bonds is 7. The van der Waals surface area contributed by atoms with E-state index in [4.69, 9.17) is 9.47 Å². The first-order valence-corrected chi connectivity index (χ1v) is 11.2. The molecular weight excluding hydrogens is 368 g/mol. The third kappa shape index (κ3) is 4.38. The largest absolute Gasteiger partial charge is 0.454 e. The van der Waals surface area contributed by atoms with Gasteiger partial charge in [0.15, 0.2) is 11.5 Å². The molecule has 2 fully saturated rings. The number of carbonyl (C=O) groups is 1. The number of amides is 1. The van der Waals surface area contributed by atoms with Gasteiger partial charge in [0.25, 0.3) is 0 Å². The number of benzene rings is 1. The minimum absolute atomic E-state index is 0.0185. The van der Waals surface area contributed by atoms with Crippen molar-refractivity contribution < 1.29 is 19.4 Å². The minimum Gasteiger partial charge on any atom is -0.454 e. The molecular formula is C23H34N2O4. The number of hydrogen-bond donors (Lipinski definition) is 2. The maximum atomic E-state index is 12.6. The van der Waals surface area contributed by atoms with Crippen LogP contribution in [-0.2, 0) is 4.79 Å². The van der Waals surface area contributed by atoms with Gasteiger partial charge >= 0.3 is 0 Å². The van der Waals surface area contributed by atoms with Crippen LogP contribution in [0.4, 0.5) is 0 Å². The number of hydrogen-bond acceptors (Lipinski definition) is 5. The van der Waals surface area contributed by atoms with Gasteiger partial charge < -0.3 is 19.9 Å². The SMILES string of the molecule is CCCCCNC(=O)CN1CC[C@]2(O)CCCC[C@@H]2[C@@H]1c1ccc2c(c1)OCO2. The van der Waals surface area contributed by atoms with Gasteiger partial charge in [-0.1, -0.05) is 38.7 Å². The first-order chi connectivity index (χ1) is 14.1. The Balaban J connectivity index is 1.54. The lowest BCUT2D eigenvalue weighted by atomic mass is 9.66. The quantitative estimate of drug-likeness (QED) is 0.684. The van der Waals surface area contributed by atoms with E-state index in [2.05, 4.69) is 23.2 Å². The molecule has 4 rings (SSSR count). The van der Waals surface area contributed by atoms with E-state index < -0.39 is 5.60 Å². The highest BCUT2D eigenvalue weighted by atomic mass is 16.7. The van der Waals surface area contributed by atoms with E-state index in [1.165, 1.54) is 0 Å². The highest BCUT2D eigenvalue weighted by Crippen LogP contribution is 2.50. The molecule has 29 heavy (non-hydrogen) atoms. The Morgan fingerprint density at radius 3 is 2.97 bits per heavy atom. The van der Waals surface area contributed by atoms with Gasteiger partial charge in [-0.05, 0) is 43.4 Å². The van der Waals surface area contributed by atoms with Gasteiger partial charge in [-0.3, -0.25) is 9.69 Å². The van der Waals surface area contributed by atoms with Crippen molar-refractivity contribution in [2.45, 2.75) is 69.9 Å². The summed E-state index contributed by atoms with van der Waals surface area (Å²) in [6.07, 6.45) is 8.11. The number of aliphatic hydroxyl groups is 1. The Bertz CT molecular complexity index is 725. The average molecular weight is 403 g/mol. The normalized spacial score (nSPS) is 28.8. The molecule has 3 atom stereocenters. The van der Waals surface area contributed by atoms with E-state index in [0.29, 0.717) is 6.54 Å². The molecule has 0 radical (unpaired) electrons. The number of piperidine rings is 1. The van der Waals surface area contributed by atoms with Gasteiger partial charge in [0.1, 0.15) is 0 Å². The molecule has 1 amide bonds. The number of nitrogens with zero attached hydrogens (tertiary/aromatic N) is 1. The molecule has 0 spiro atoms. The summed E-state index contributed by atoms with van der Waals surface area (Å²) in [5, 5.41) is 14.5. The fraction of sp³-hybridized carbons (Fsp3) is 0.696. The van der Waals surface area contributed by atoms with Crippen molar-refractivity contribution in [3.8, 4) is 11.5 Å². The number of nitrogens with one attached hydrogen (secondary N) is 1. The molecule has 2 aliphatic heterocycles. The second-order valence-electron chi connectivity index (χ2n) is 8.79. The number of fused-ring (bicyclic) bond motifs is 2. The fourth-order valence-electron chi connectivity index (χ4n) is 5.30. The van der Waals surface area contributed by atoms with E-state index in [1.807, 2.05) is 12.1 Å². The second-order valence-corrected chi connectivity index (χ2v) is 8.79. The van der Waals surface area contributed by atoms with Crippen LogP contribution in [0.15, 0.2) is 18.2 Å². The van der Waals surface area contributed by atoms with Crippen molar-refractivity contribution in [3.63, 3.8) is 0 Å². The molecule has 160 valence electrons. The van der Waals surface area contributed by atoms with Crippen molar-refractivity contribution in [2.75, 3.05) is 26.4 Å². The van der Waals surface area contributed by atoms with Crippen LogP contribution >= 0.6 is 0 Å². The third-order valence-electron chi connectivity index (χ3n) is 6.86. The first kappa shape index (κ1) is 20.5. The Morgan fingerprint density at radius 2 is 2.10 bits per heavy atom. The zero-order valence-electron chi connectivity index (χ0n) is 17.5. The van der Waals surface area contributed by atoms with Gasteiger partial charge in [0, 0.05) is 25.0 Å². The Kier molecular flexibility index (Phi) is 6.30. The monoisotopic (exact) mass is 402 g/mol. The van der Waals surface area contributed by atoms with Crippen LogP contribution < -0.4 is 14.8 Å². The fourth-order valence-corrected chi connectivity index (χ4v) is 5.30. The molecule has 1 saturated carbocycles. The average Bonchev–Trinajstić information content (AvgIpc) is 3.19. The molecule has 3 aliphatic rings. The summed E-state index contributed by atoms with van der Waals surface area (Å²) in [6.45, 7) is 4.26. The summed E-state index contributed by atoms with van der Waals surface area (Å²) in [5.74, 6) is 1.74. The lowest BCUT2D eigenvalue weighted by Gasteiger charge is -2.52. The number of unbranched alkanes of at least 4 members (excludes halogenated alkanes) is 2. The number of ether oxygens (including phenoxy) is 2. The maximum Gasteiger partial charge on any atom is 0.234 e.